The van der Waals surface area contributed by atoms with E-state index in [-0.39, 0.29) is 6.61 Å². The fourth-order valence-corrected chi connectivity index (χ4v) is 3.97. The van der Waals surface area contributed by atoms with Crippen LogP contribution in [0, 0.1) is 0 Å². The molecule has 1 saturated heterocycles. The molecule has 0 saturated carbocycles. The van der Waals surface area contributed by atoms with Crippen LogP contribution in [0.5, 0.6) is 5.88 Å². The third-order valence-electron chi connectivity index (χ3n) is 5.64. The number of fused-ring (bicyclic) bond motifs is 1. The Kier molecular flexibility index (Phi) is 4.65. The summed E-state index contributed by atoms with van der Waals surface area (Å²) in [5, 5.41) is 11.2. The molecular weight excluding hydrogens is 436 g/mol. The second kappa shape index (κ2) is 7.96. The van der Waals surface area contributed by atoms with E-state index in [0.717, 1.165) is 16.7 Å². The van der Waals surface area contributed by atoms with Gasteiger partial charge in [0.15, 0.2) is 11.5 Å². The van der Waals surface area contributed by atoms with Gasteiger partial charge in [-0.05, 0) is 17.7 Å². The van der Waals surface area contributed by atoms with E-state index in [2.05, 4.69) is 25.3 Å². The summed E-state index contributed by atoms with van der Waals surface area (Å²) >= 11 is 0. The highest BCUT2D eigenvalue weighted by Gasteiger charge is 2.37. The number of methoxy groups -OCH3 is 1. The average molecular weight is 454 g/mol. The predicted octanol–water partition coefficient (Wildman–Crippen LogP) is 3.28. The maximum absolute atomic E-state index is 12.7. The Hall–Kier alpha value is -4.80. The Morgan fingerprint density at radius 2 is 1.94 bits per heavy atom. The zero-order valence-electron chi connectivity index (χ0n) is 18.0. The summed E-state index contributed by atoms with van der Waals surface area (Å²) < 4.78 is 12.2. The van der Waals surface area contributed by atoms with Crippen LogP contribution in [0.2, 0.25) is 0 Å². The second-order valence-electron chi connectivity index (χ2n) is 7.58. The van der Waals surface area contributed by atoms with Gasteiger partial charge in [0.25, 0.3) is 0 Å². The lowest BCUT2D eigenvalue weighted by atomic mass is 10.1. The van der Waals surface area contributed by atoms with Gasteiger partial charge in [0, 0.05) is 23.4 Å². The molecule has 1 atom stereocenters. The summed E-state index contributed by atoms with van der Waals surface area (Å²) in [4.78, 5) is 27.6. The number of carbonyl (C=O) groups is 1. The van der Waals surface area contributed by atoms with Crippen LogP contribution in [-0.2, 0) is 4.74 Å². The second-order valence-corrected chi connectivity index (χ2v) is 7.58. The van der Waals surface area contributed by atoms with Gasteiger partial charge in [-0.2, -0.15) is 10.2 Å². The number of ether oxygens (including phenoxy) is 2. The number of rotatable bonds is 5. The molecule has 6 rings (SSSR count). The van der Waals surface area contributed by atoms with E-state index in [9.17, 15) is 4.79 Å². The Morgan fingerprint density at radius 3 is 2.74 bits per heavy atom. The van der Waals surface area contributed by atoms with Crippen molar-refractivity contribution in [3.63, 3.8) is 0 Å². The fraction of sp³-hybridized carbons (Fsp3) is 0.130. The van der Waals surface area contributed by atoms with E-state index in [4.69, 9.17) is 14.5 Å². The first-order valence-corrected chi connectivity index (χ1v) is 10.5. The number of pyridine rings is 1. The standard InChI is InChI=1S/C23H18N8O3/c1-33-20-4-2-3-17(27-20)18-12-34-23(32)31(18)19-9-10-30-22(28-19)16(11-26-30)14-5-7-15(8-6-14)21-24-13-25-29-21/h2-11,13,18H,12H2,1H3,(H,24,25,29). The maximum Gasteiger partial charge on any atom is 0.416 e. The van der Waals surface area contributed by atoms with Gasteiger partial charge in [-0.25, -0.2) is 29.2 Å². The number of anilines is 1. The van der Waals surface area contributed by atoms with Crippen LogP contribution in [0.4, 0.5) is 10.6 Å². The number of amides is 1. The number of carbonyl (C=O) groups excluding carboxylic acids is 1. The van der Waals surface area contributed by atoms with E-state index in [1.165, 1.54) is 11.2 Å². The lowest BCUT2D eigenvalue weighted by molar-refractivity contribution is 0.178. The first kappa shape index (κ1) is 19.9. The lowest BCUT2D eigenvalue weighted by Crippen LogP contribution is -2.28. The number of nitrogens with one attached hydrogen (secondary N) is 1. The van der Waals surface area contributed by atoms with Crippen molar-refractivity contribution in [3.05, 3.63) is 72.9 Å². The number of aromatic amines is 1. The van der Waals surface area contributed by atoms with Gasteiger partial charge in [-0.15, -0.1) is 0 Å². The lowest BCUT2D eigenvalue weighted by Gasteiger charge is -2.20. The maximum atomic E-state index is 12.7. The highest BCUT2D eigenvalue weighted by Crippen LogP contribution is 2.33. The van der Waals surface area contributed by atoms with Crippen LogP contribution < -0.4 is 9.64 Å². The number of cyclic esters (lactones) is 1. The van der Waals surface area contributed by atoms with E-state index < -0.39 is 12.1 Å². The van der Waals surface area contributed by atoms with Crippen molar-refractivity contribution in [1.29, 1.82) is 0 Å². The zero-order valence-corrected chi connectivity index (χ0v) is 18.0. The van der Waals surface area contributed by atoms with Crippen molar-refractivity contribution in [3.8, 4) is 28.4 Å². The third-order valence-corrected chi connectivity index (χ3v) is 5.64. The predicted molar refractivity (Wildman–Crippen MR) is 121 cm³/mol. The van der Waals surface area contributed by atoms with E-state index in [0.29, 0.717) is 28.9 Å². The minimum Gasteiger partial charge on any atom is -0.481 e. The van der Waals surface area contributed by atoms with Crippen LogP contribution in [0.3, 0.4) is 0 Å². The summed E-state index contributed by atoms with van der Waals surface area (Å²) in [6.45, 7) is 0.167. The minimum absolute atomic E-state index is 0.167. The molecule has 5 heterocycles. The monoisotopic (exact) mass is 454 g/mol. The molecule has 4 aromatic heterocycles. The number of hydrogen-bond donors (Lipinski definition) is 1. The number of H-pyrrole nitrogens is 1. The summed E-state index contributed by atoms with van der Waals surface area (Å²) in [5.41, 5.74) is 3.91. The van der Waals surface area contributed by atoms with E-state index in [1.807, 2.05) is 36.4 Å². The van der Waals surface area contributed by atoms with Crippen LogP contribution >= 0.6 is 0 Å². The molecule has 0 aliphatic carbocycles. The summed E-state index contributed by atoms with van der Waals surface area (Å²) in [6.07, 6.45) is 4.57. The first-order valence-electron chi connectivity index (χ1n) is 10.5. The minimum atomic E-state index is -0.483. The molecule has 1 N–H and O–H groups in total. The summed E-state index contributed by atoms with van der Waals surface area (Å²) in [5.74, 6) is 1.53. The van der Waals surface area contributed by atoms with Crippen molar-refractivity contribution in [1.82, 2.24) is 34.8 Å². The molecule has 1 unspecified atom stereocenters. The van der Waals surface area contributed by atoms with Crippen molar-refractivity contribution < 1.29 is 14.3 Å². The summed E-state index contributed by atoms with van der Waals surface area (Å²) in [7, 11) is 1.55. The fourth-order valence-electron chi connectivity index (χ4n) is 3.97. The molecule has 1 aromatic carbocycles. The van der Waals surface area contributed by atoms with Crippen LogP contribution in [0.25, 0.3) is 28.2 Å². The van der Waals surface area contributed by atoms with Crippen molar-refractivity contribution >= 4 is 17.6 Å². The Labute approximate surface area is 193 Å². The van der Waals surface area contributed by atoms with Crippen molar-refractivity contribution in [2.45, 2.75) is 6.04 Å². The molecule has 11 nitrogen and oxygen atoms in total. The smallest absolute Gasteiger partial charge is 0.416 e. The molecule has 0 bridgehead atoms. The quantitative estimate of drug-likeness (QED) is 0.429. The molecule has 1 amide bonds. The average Bonchev–Trinajstić information content (AvgIpc) is 3.64. The van der Waals surface area contributed by atoms with Gasteiger partial charge >= 0.3 is 6.09 Å². The Morgan fingerprint density at radius 1 is 1.09 bits per heavy atom. The van der Waals surface area contributed by atoms with Crippen LogP contribution in [-0.4, -0.2) is 54.6 Å². The SMILES string of the molecule is COc1cccc(C2COC(=O)N2c2ccn3ncc(-c4ccc(-c5nc[nH]n5)cc4)c3n2)n1. The third kappa shape index (κ3) is 3.30. The van der Waals surface area contributed by atoms with Gasteiger partial charge in [0.05, 0.1) is 19.0 Å². The Balaban J connectivity index is 1.38. The Bertz CT molecular complexity index is 1480. The molecule has 0 radical (unpaired) electrons. The van der Waals surface area contributed by atoms with Gasteiger partial charge in [-0.3, -0.25) is 5.10 Å². The van der Waals surface area contributed by atoms with Gasteiger partial charge < -0.3 is 9.47 Å². The van der Waals surface area contributed by atoms with Crippen LogP contribution in [0.15, 0.2) is 67.3 Å². The number of benzene rings is 1. The molecule has 1 aliphatic heterocycles. The molecule has 34 heavy (non-hydrogen) atoms. The number of hydrogen-bond acceptors (Lipinski definition) is 8. The molecule has 5 aromatic rings. The molecule has 1 fully saturated rings. The van der Waals surface area contributed by atoms with E-state index >= 15 is 0 Å². The van der Waals surface area contributed by atoms with E-state index in [1.54, 1.807) is 36.2 Å². The number of nitrogens with zero attached hydrogens (tertiary/aromatic N) is 7. The normalized spacial score (nSPS) is 15.6. The molecular formula is C23H18N8O3. The van der Waals surface area contributed by atoms with Gasteiger partial charge in [0.2, 0.25) is 5.88 Å². The molecule has 0 spiro atoms. The zero-order chi connectivity index (χ0) is 23.1. The first-order chi connectivity index (χ1) is 16.7. The summed E-state index contributed by atoms with van der Waals surface area (Å²) in [6, 6.07) is 14.5. The molecule has 168 valence electrons. The van der Waals surface area contributed by atoms with Crippen molar-refractivity contribution in [2.24, 2.45) is 0 Å². The molecule has 11 heteroatoms. The number of aromatic nitrogens is 7. The topological polar surface area (TPSA) is 123 Å². The molecule has 1 aliphatic rings. The largest absolute Gasteiger partial charge is 0.481 e. The van der Waals surface area contributed by atoms with Crippen LogP contribution in [0.1, 0.15) is 11.7 Å². The highest BCUT2D eigenvalue weighted by atomic mass is 16.6. The van der Waals surface area contributed by atoms with Gasteiger partial charge in [0.1, 0.15) is 24.8 Å². The van der Waals surface area contributed by atoms with Gasteiger partial charge in [-0.1, -0.05) is 30.3 Å². The van der Waals surface area contributed by atoms with Crippen molar-refractivity contribution in [2.75, 3.05) is 18.6 Å². The highest BCUT2D eigenvalue weighted by molar-refractivity contribution is 5.90.